The van der Waals surface area contributed by atoms with Gasteiger partial charge in [0.25, 0.3) is 0 Å². The van der Waals surface area contributed by atoms with Gasteiger partial charge < -0.3 is 9.84 Å². The Kier molecular flexibility index (Phi) is 5.74. The van der Waals surface area contributed by atoms with Crippen molar-refractivity contribution >= 4 is 15.9 Å². The van der Waals surface area contributed by atoms with Crippen LogP contribution in [-0.4, -0.2) is 17.3 Å². The molecule has 0 spiro atoms. The summed E-state index contributed by atoms with van der Waals surface area (Å²) in [7, 11) is 0. The second-order valence-electron chi connectivity index (χ2n) is 5.57. The molecule has 0 saturated heterocycles. The molecule has 0 radical (unpaired) electrons. The molecule has 1 aromatic carbocycles. The molecule has 1 atom stereocenters. The summed E-state index contributed by atoms with van der Waals surface area (Å²) in [5.41, 5.74) is -1.19. The highest BCUT2D eigenvalue weighted by Crippen LogP contribution is 2.42. The normalized spacial score (nSPS) is 20.0. The van der Waals surface area contributed by atoms with E-state index in [1.165, 1.54) is 12.1 Å². The maximum atomic E-state index is 14.3. The topological polar surface area (TPSA) is 29.5 Å². The fourth-order valence-corrected chi connectivity index (χ4v) is 3.51. The summed E-state index contributed by atoms with van der Waals surface area (Å²) >= 11 is 3.05. The zero-order valence-corrected chi connectivity index (χ0v) is 13.8. The molecule has 0 amide bonds. The minimum atomic E-state index is -1.30. The summed E-state index contributed by atoms with van der Waals surface area (Å²) in [6.07, 6.45) is 3.85. The summed E-state index contributed by atoms with van der Waals surface area (Å²) in [5, 5.41) is 10.7. The zero-order valence-electron chi connectivity index (χ0n) is 12.2. The summed E-state index contributed by atoms with van der Waals surface area (Å²) in [4.78, 5) is 0. The Labute approximate surface area is 132 Å². The maximum absolute atomic E-state index is 14.3. The Hall–Kier alpha value is -0.520. The highest BCUT2D eigenvalue weighted by Gasteiger charge is 2.42. The van der Waals surface area contributed by atoms with Gasteiger partial charge in [-0.25, -0.2) is 8.78 Å². The van der Waals surface area contributed by atoms with E-state index in [4.69, 9.17) is 4.74 Å². The Morgan fingerprint density at radius 3 is 2.43 bits per heavy atom. The molecule has 5 heteroatoms. The van der Waals surface area contributed by atoms with E-state index < -0.39 is 23.3 Å². The Bertz CT molecular complexity index is 485. The van der Waals surface area contributed by atoms with Crippen LogP contribution in [0.1, 0.15) is 57.1 Å². The molecule has 2 nitrogen and oxygen atoms in total. The lowest BCUT2D eigenvalue weighted by Gasteiger charge is -2.37. The van der Waals surface area contributed by atoms with Gasteiger partial charge in [-0.15, -0.1) is 0 Å². The Morgan fingerprint density at radius 2 is 1.86 bits per heavy atom. The number of rotatable bonds is 4. The van der Waals surface area contributed by atoms with Crippen molar-refractivity contribution in [2.24, 2.45) is 0 Å². The van der Waals surface area contributed by atoms with E-state index in [2.05, 4.69) is 15.9 Å². The van der Waals surface area contributed by atoms with Gasteiger partial charge >= 0.3 is 0 Å². The number of hydrogen-bond donors (Lipinski definition) is 1. The fourth-order valence-electron chi connectivity index (χ4n) is 3.17. The number of aliphatic hydroxyl groups excluding tert-OH is 1. The van der Waals surface area contributed by atoms with Gasteiger partial charge in [-0.3, -0.25) is 0 Å². The van der Waals surface area contributed by atoms with E-state index in [9.17, 15) is 13.9 Å². The van der Waals surface area contributed by atoms with Gasteiger partial charge in [-0.1, -0.05) is 25.7 Å². The van der Waals surface area contributed by atoms with E-state index in [0.717, 1.165) is 25.7 Å². The van der Waals surface area contributed by atoms with Crippen LogP contribution in [0.15, 0.2) is 16.6 Å². The largest absolute Gasteiger partial charge is 0.385 e. The van der Waals surface area contributed by atoms with E-state index in [-0.39, 0.29) is 10.0 Å². The molecule has 0 aliphatic heterocycles. The van der Waals surface area contributed by atoms with Crippen LogP contribution < -0.4 is 0 Å². The molecule has 1 aliphatic rings. The first-order valence-corrected chi connectivity index (χ1v) is 8.26. The monoisotopic (exact) mass is 362 g/mol. The number of aliphatic hydroxyl groups is 1. The molecule has 1 N–H and O–H groups in total. The average Bonchev–Trinajstić information content (AvgIpc) is 2.70. The quantitative estimate of drug-likeness (QED) is 0.610. The lowest BCUT2D eigenvalue weighted by molar-refractivity contribution is -0.133. The summed E-state index contributed by atoms with van der Waals surface area (Å²) in [5.74, 6) is -1.47. The van der Waals surface area contributed by atoms with Gasteiger partial charge in [0.1, 0.15) is 17.7 Å². The fraction of sp³-hybridized carbons (Fsp3) is 0.625. The Morgan fingerprint density at radius 1 is 1.24 bits per heavy atom. The third-order valence-electron chi connectivity index (χ3n) is 4.23. The molecule has 0 heterocycles. The van der Waals surface area contributed by atoms with Gasteiger partial charge in [0.05, 0.1) is 15.6 Å². The highest BCUT2D eigenvalue weighted by molar-refractivity contribution is 9.10. The van der Waals surface area contributed by atoms with Crippen molar-refractivity contribution in [3.05, 3.63) is 33.8 Å². The van der Waals surface area contributed by atoms with Crippen LogP contribution in [0.5, 0.6) is 0 Å². The predicted molar refractivity (Wildman–Crippen MR) is 81.1 cm³/mol. The first kappa shape index (κ1) is 16.8. The lowest BCUT2D eigenvalue weighted by Crippen LogP contribution is -2.40. The SMILES string of the molecule is CCOC1(C(O)c2c(F)ccc(Br)c2F)CCCCCC1. The second kappa shape index (κ2) is 7.16. The van der Waals surface area contributed by atoms with E-state index >= 15 is 0 Å². The van der Waals surface area contributed by atoms with Crippen LogP contribution in [0.2, 0.25) is 0 Å². The minimum absolute atomic E-state index is 0.151. The van der Waals surface area contributed by atoms with Crippen molar-refractivity contribution < 1.29 is 18.6 Å². The van der Waals surface area contributed by atoms with Crippen molar-refractivity contribution in [3.8, 4) is 0 Å². The molecular weight excluding hydrogens is 342 g/mol. The van der Waals surface area contributed by atoms with Crippen molar-refractivity contribution in [1.29, 1.82) is 0 Å². The number of ether oxygens (including phenoxy) is 1. The average molecular weight is 363 g/mol. The van der Waals surface area contributed by atoms with Crippen LogP contribution in [0.3, 0.4) is 0 Å². The molecule has 1 unspecified atom stereocenters. The van der Waals surface area contributed by atoms with Gasteiger partial charge in [-0.05, 0) is 47.8 Å². The zero-order chi connectivity index (χ0) is 15.5. The first-order chi connectivity index (χ1) is 10.0. The van der Waals surface area contributed by atoms with E-state index in [1.54, 1.807) is 0 Å². The van der Waals surface area contributed by atoms with Crippen LogP contribution in [0, 0.1) is 11.6 Å². The summed E-state index contributed by atoms with van der Waals surface area (Å²) in [6, 6.07) is 2.48. The summed E-state index contributed by atoms with van der Waals surface area (Å²) in [6.45, 7) is 2.25. The maximum Gasteiger partial charge on any atom is 0.146 e. The van der Waals surface area contributed by atoms with Crippen molar-refractivity contribution in [1.82, 2.24) is 0 Å². The molecule has 118 valence electrons. The van der Waals surface area contributed by atoms with Crippen molar-refractivity contribution in [2.45, 2.75) is 57.2 Å². The minimum Gasteiger partial charge on any atom is -0.385 e. The second-order valence-corrected chi connectivity index (χ2v) is 6.43. The number of hydrogen-bond acceptors (Lipinski definition) is 2. The molecular formula is C16H21BrF2O2. The molecule has 1 saturated carbocycles. The van der Waals surface area contributed by atoms with Gasteiger partial charge in [0.2, 0.25) is 0 Å². The highest BCUT2D eigenvalue weighted by atomic mass is 79.9. The van der Waals surface area contributed by atoms with Crippen LogP contribution in [-0.2, 0) is 4.74 Å². The molecule has 1 aromatic rings. The van der Waals surface area contributed by atoms with Gasteiger partial charge in [0, 0.05) is 6.61 Å². The van der Waals surface area contributed by atoms with Crippen molar-refractivity contribution in [3.63, 3.8) is 0 Å². The smallest absolute Gasteiger partial charge is 0.146 e. The Balaban J connectivity index is 2.43. The van der Waals surface area contributed by atoms with E-state index in [0.29, 0.717) is 19.4 Å². The third-order valence-corrected chi connectivity index (χ3v) is 4.85. The predicted octanol–water partition coefficient (Wildman–Crippen LogP) is 4.89. The molecule has 1 aliphatic carbocycles. The van der Waals surface area contributed by atoms with Crippen LogP contribution in [0.4, 0.5) is 8.78 Å². The summed E-state index contributed by atoms with van der Waals surface area (Å²) < 4.78 is 34.3. The molecule has 0 bridgehead atoms. The van der Waals surface area contributed by atoms with Gasteiger partial charge in [-0.2, -0.15) is 0 Å². The van der Waals surface area contributed by atoms with Crippen LogP contribution >= 0.6 is 15.9 Å². The number of halogens is 3. The van der Waals surface area contributed by atoms with Crippen LogP contribution in [0.25, 0.3) is 0 Å². The third kappa shape index (κ3) is 3.46. The first-order valence-electron chi connectivity index (χ1n) is 7.47. The molecule has 21 heavy (non-hydrogen) atoms. The number of benzene rings is 1. The molecule has 2 rings (SSSR count). The van der Waals surface area contributed by atoms with Gasteiger partial charge in [0.15, 0.2) is 0 Å². The lowest BCUT2D eigenvalue weighted by atomic mass is 9.83. The molecule has 0 aromatic heterocycles. The molecule has 1 fully saturated rings. The standard InChI is InChI=1S/C16H21BrF2O2/c1-2-21-16(9-5-3-4-6-10-16)15(20)13-12(18)8-7-11(17)14(13)19/h7-8,15,20H,2-6,9-10H2,1H3. The van der Waals surface area contributed by atoms with E-state index in [1.807, 2.05) is 6.92 Å². The van der Waals surface area contributed by atoms with Crippen molar-refractivity contribution in [2.75, 3.05) is 6.61 Å².